The molecule has 0 saturated carbocycles. The molecular formula is C18H24N4O3. The van der Waals surface area contributed by atoms with Gasteiger partial charge in [0.1, 0.15) is 24.6 Å². The third-order valence-electron chi connectivity index (χ3n) is 4.27. The number of nitrogens with zero attached hydrogens (tertiary/aromatic N) is 3. The fraction of sp³-hybridized carbons (Fsp3) is 0.444. The van der Waals surface area contributed by atoms with Gasteiger partial charge in [-0.05, 0) is 25.0 Å². The summed E-state index contributed by atoms with van der Waals surface area (Å²) in [5.41, 5.74) is 0. The van der Waals surface area contributed by atoms with E-state index in [9.17, 15) is 5.11 Å². The summed E-state index contributed by atoms with van der Waals surface area (Å²) in [5, 5.41) is 12.7. The lowest BCUT2D eigenvalue weighted by Gasteiger charge is -2.24. The van der Waals surface area contributed by atoms with E-state index in [2.05, 4.69) is 20.2 Å². The molecule has 0 spiro atoms. The van der Waals surface area contributed by atoms with Crippen molar-refractivity contribution in [2.24, 2.45) is 0 Å². The van der Waals surface area contributed by atoms with Crippen molar-refractivity contribution in [1.82, 2.24) is 9.97 Å². The number of hydrogen-bond donors (Lipinski definition) is 2. The molecule has 1 aliphatic rings. The van der Waals surface area contributed by atoms with Crippen LogP contribution in [0.2, 0.25) is 0 Å². The molecule has 1 saturated heterocycles. The monoisotopic (exact) mass is 344 g/mol. The first-order valence-electron chi connectivity index (χ1n) is 8.51. The molecule has 0 aliphatic carbocycles. The standard InChI is InChI=1S/C18H24N4O3/c1-24-15-6-2-3-7-16(15)25-10-8-19-17-11-18(21-13-20-17)22-9-4-5-14(22)12-23/h2-3,6-7,11,13-14,23H,4-5,8-10,12H2,1H3,(H,19,20,21)/t14-/m1/s1. The van der Waals surface area contributed by atoms with Crippen LogP contribution in [0.4, 0.5) is 11.6 Å². The summed E-state index contributed by atoms with van der Waals surface area (Å²) in [7, 11) is 1.63. The van der Waals surface area contributed by atoms with Crippen LogP contribution in [0.15, 0.2) is 36.7 Å². The highest BCUT2D eigenvalue weighted by Crippen LogP contribution is 2.26. The van der Waals surface area contributed by atoms with Gasteiger partial charge in [-0.25, -0.2) is 9.97 Å². The predicted octanol–water partition coefficient (Wildman–Crippen LogP) is 1.94. The van der Waals surface area contributed by atoms with Crippen molar-refractivity contribution in [1.29, 1.82) is 0 Å². The number of anilines is 2. The van der Waals surface area contributed by atoms with Crippen molar-refractivity contribution in [3.8, 4) is 11.5 Å². The van der Waals surface area contributed by atoms with Crippen molar-refractivity contribution < 1.29 is 14.6 Å². The molecule has 2 aromatic rings. The number of aliphatic hydroxyl groups excluding tert-OH is 1. The van der Waals surface area contributed by atoms with Crippen LogP contribution in [0.25, 0.3) is 0 Å². The molecule has 0 bridgehead atoms. The van der Waals surface area contributed by atoms with Gasteiger partial charge in [0.2, 0.25) is 0 Å². The van der Waals surface area contributed by atoms with Gasteiger partial charge >= 0.3 is 0 Å². The molecule has 7 heteroatoms. The molecule has 0 radical (unpaired) electrons. The highest BCUT2D eigenvalue weighted by atomic mass is 16.5. The highest BCUT2D eigenvalue weighted by Gasteiger charge is 2.25. The van der Waals surface area contributed by atoms with Crippen molar-refractivity contribution in [3.63, 3.8) is 0 Å². The molecule has 1 atom stereocenters. The highest BCUT2D eigenvalue weighted by molar-refractivity contribution is 5.50. The maximum Gasteiger partial charge on any atom is 0.161 e. The predicted molar refractivity (Wildman–Crippen MR) is 96.5 cm³/mol. The van der Waals surface area contributed by atoms with Crippen molar-refractivity contribution >= 4 is 11.6 Å². The Morgan fingerprint density at radius 2 is 2.12 bits per heavy atom. The van der Waals surface area contributed by atoms with E-state index in [0.29, 0.717) is 13.2 Å². The fourth-order valence-corrected chi connectivity index (χ4v) is 3.01. The van der Waals surface area contributed by atoms with Crippen LogP contribution in [0.1, 0.15) is 12.8 Å². The van der Waals surface area contributed by atoms with Crippen molar-refractivity contribution in [3.05, 3.63) is 36.7 Å². The summed E-state index contributed by atoms with van der Waals surface area (Å²) >= 11 is 0. The molecule has 2 N–H and O–H groups in total. The largest absolute Gasteiger partial charge is 0.493 e. The molecule has 7 nitrogen and oxygen atoms in total. The Morgan fingerprint density at radius 3 is 2.92 bits per heavy atom. The maximum atomic E-state index is 9.46. The zero-order valence-electron chi connectivity index (χ0n) is 14.4. The quantitative estimate of drug-likeness (QED) is 0.708. The Bertz CT molecular complexity index is 683. The van der Waals surface area contributed by atoms with Gasteiger partial charge in [0.25, 0.3) is 0 Å². The van der Waals surface area contributed by atoms with Crippen LogP contribution in [-0.4, -0.2) is 54.5 Å². The minimum atomic E-state index is 0.150. The molecule has 0 unspecified atom stereocenters. The number of ether oxygens (including phenoxy) is 2. The zero-order chi connectivity index (χ0) is 17.5. The Morgan fingerprint density at radius 1 is 1.28 bits per heavy atom. The summed E-state index contributed by atoms with van der Waals surface area (Å²) in [4.78, 5) is 10.7. The first-order chi connectivity index (χ1) is 12.3. The van der Waals surface area contributed by atoms with Crippen LogP contribution < -0.4 is 19.7 Å². The van der Waals surface area contributed by atoms with Crippen molar-refractivity contribution in [2.45, 2.75) is 18.9 Å². The van der Waals surface area contributed by atoms with Gasteiger partial charge in [-0.2, -0.15) is 0 Å². The Kier molecular flexibility index (Phi) is 5.90. The zero-order valence-corrected chi connectivity index (χ0v) is 14.4. The average Bonchev–Trinajstić information content (AvgIpc) is 3.14. The number of nitrogens with one attached hydrogen (secondary N) is 1. The summed E-state index contributed by atoms with van der Waals surface area (Å²) in [5.74, 6) is 3.03. The van der Waals surface area contributed by atoms with E-state index in [0.717, 1.165) is 42.5 Å². The van der Waals surface area contributed by atoms with Gasteiger partial charge in [-0.1, -0.05) is 12.1 Å². The number of para-hydroxylation sites is 2. The van der Waals surface area contributed by atoms with Gasteiger partial charge in [0.05, 0.1) is 26.3 Å². The molecule has 1 aromatic heterocycles. The summed E-state index contributed by atoms with van der Waals surface area (Å²) in [6, 6.07) is 9.63. The number of hydrogen-bond acceptors (Lipinski definition) is 7. The van der Waals surface area contributed by atoms with E-state index in [-0.39, 0.29) is 12.6 Å². The Labute approximate surface area is 147 Å². The van der Waals surface area contributed by atoms with Gasteiger partial charge in [0, 0.05) is 12.6 Å². The minimum Gasteiger partial charge on any atom is -0.493 e. The number of rotatable bonds is 8. The minimum absolute atomic E-state index is 0.150. The molecule has 1 aromatic carbocycles. The molecule has 3 rings (SSSR count). The second-order valence-corrected chi connectivity index (χ2v) is 5.86. The lowest BCUT2D eigenvalue weighted by atomic mass is 10.2. The fourth-order valence-electron chi connectivity index (χ4n) is 3.01. The van der Waals surface area contributed by atoms with Crippen LogP contribution in [0.3, 0.4) is 0 Å². The third-order valence-corrected chi connectivity index (χ3v) is 4.27. The molecule has 134 valence electrons. The normalized spacial score (nSPS) is 16.7. The van der Waals surface area contributed by atoms with E-state index >= 15 is 0 Å². The molecule has 1 fully saturated rings. The van der Waals surface area contributed by atoms with Gasteiger partial charge in [-0.15, -0.1) is 0 Å². The molecular weight excluding hydrogens is 320 g/mol. The maximum absolute atomic E-state index is 9.46. The number of aliphatic hydroxyl groups is 1. The Balaban J connectivity index is 1.53. The van der Waals surface area contributed by atoms with E-state index in [4.69, 9.17) is 9.47 Å². The molecule has 25 heavy (non-hydrogen) atoms. The summed E-state index contributed by atoms with van der Waals surface area (Å²) in [6.07, 6.45) is 3.62. The topological polar surface area (TPSA) is 79.7 Å². The van der Waals surface area contributed by atoms with Crippen LogP contribution in [0.5, 0.6) is 11.5 Å². The lowest BCUT2D eigenvalue weighted by molar-refractivity contribution is 0.266. The number of methoxy groups -OCH3 is 1. The summed E-state index contributed by atoms with van der Waals surface area (Å²) < 4.78 is 11.0. The van der Waals surface area contributed by atoms with Gasteiger partial charge in [0.15, 0.2) is 11.5 Å². The molecule has 1 aliphatic heterocycles. The first-order valence-corrected chi connectivity index (χ1v) is 8.51. The van der Waals surface area contributed by atoms with Crippen LogP contribution >= 0.6 is 0 Å². The van der Waals surface area contributed by atoms with E-state index in [1.54, 1.807) is 13.4 Å². The number of aromatic nitrogens is 2. The van der Waals surface area contributed by atoms with E-state index in [1.165, 1.54) is 0 Å². The third kappa shape index (κ3) is 4.30. The van der Waals surface area contributed by atoms with E-state index < -0.39 is 0 Å². The Hall–Kier alpha value is -2.54. The first kappa shape index (κ1) is 17.3. The van der Waals surface area contributed by atoms with Crippen LogP contribution in [0, 0.1) is 0 Å². The SMILES string of the molecule is COc1ccccc1OCCNc1cc(N2CCC[C@@H]2CO)ncn1. The van der Waals surface area contributed by atoms with Crippen molar-refractivity contribution in [2.75, 3.05) is 43.6 Å². The summed E-state index contributed by atoms with van der Waals surface area (Å²) in [6.45, 7) is 2.17. The number of benzene rings is 1. The smallest absolute Gasteiger partial charge is 0.161 e. The van der Waals surface area contributed by atoms with Gasteiger partial charge in [-0.3, -0.25) is 0 Å². The van der Waals surface area contributed by atoms with E-state index in [1.807, 2.05) is 30.3 Å². The molecule has 0 amide bonds. The second-order valence-electron chi connectivity index (χ2n) is 5.86. The average molecular weight is 344 g/mol. The second kappa shape index (κ2) is 8.53. The molecule has 2 heterocycles. The van der Waals surface area contributed by atoms with Crippen LogP contribution in [-0.2, 0) is 0 Å². The lowest BCUT2D eigenvalue weighted by Crippen LogP contribution is -2.32. The van der Waals surface area contributed by atoms with Gasteiger partial charge < -0.3 is 24.8 Å².